The van der Waals surface area contributed by atoms with Crippen LogP contribution in [-0.4, -0.2) is 11.2 Å². The van der Waals surface area contributed by atoms with Crippen molar-refractivity contribution in [3.63, 3.8) is 0 Å². The van der Waals surface area contributed by atoms with E-state index in [1.165, 1.54) is 0 Å². The summed E-state index contributed by atoms with van der Waals surface area (Å²) in [6.07, 6.45) is 1.60. The Balaban J connectivity index is 1.79. The molecule has 2 aromatic carbocycles. The summed E-state index contributed by atoms with van der Waals surface area (Å²) in [4.78, 5) is 4.18. The van der Waals surface area contributed by atoms with Gasteiger partial charge in [-0.15, -0.1) is 0 Å². The molecular weight excluding hydrogens is 324 g/mol. The summed E-state index contributed by atoms with van der Waals surface area (Å²) < 4.78 is 5.61. The van der Waals surface area contributed by atoms with E-state index in [-0.39, 0.29) is 11.6 Å². The molecule has 0 saturated heterocycles. The fraction of sp³-hybridized carbons (Fsp3) is 0.0556. The Bertz CT molecular complexity index is 906. The van der Waals surface area contributed by atoms with Gasteiger partial charge < -0.3 is 4.42 Å². The second kappa shape index (κ2) is 6.99. The molecule has 0 amide bonds. The van der Waals surface area contributed by atoms with Gasteiger partial charge in [0.25, 0.3) is 5.88 Å². The van der Waals surface area contributed by atoms with E-state index in [2.05, 4.69) is 15.5 Å². The minimum atomic E-state index is 0.152. The summed E-state index contributed by atoms with van der Waals surface area (Å²) in [7, 11) is 0. The van der Waals surface area contributed by atoms with Crippen LogP contribution < -0.4 is 5.43 Å². The van der Waals surface area contributed by atoms with Gasteiger partial charge in [0.15, 0.2) is 0 Å². The molecule has 0 aliphatic carbocycles. The number of hydrogen-bond acceptors (Lipinski definition) is 5. The molecule has 0 fully saturated rings. The van der Waals surface area contributed by atoms with Gasteiger partial charge in [0, 0.05) is 10.6 Å². The van der Waals surface area contributed by atoms with Crippen LogP contribution in [-0.2, 0) is 0 Å². The summed E-state index contributed by atoms with van der Waals surface area (Å²) in [5, 5.41) is 13.9. The third-order valence-corrected chi connectivity index (χ3v) is 3.53. The Hall–Kier alpha value is -3.10. The highest BCUT2D eigenvalue weighted by Crippen LogP contribution is 2.25. The topological polar surface area (TPSA) is 74.2 Å². The second-order valence-corrected chi connectivity index (χ2v) is 5.53. The molecule has 0 unspecified atom stereocenters. The lowest BCUT2D eigenvalue weighted by atomic mass is 10.1. The fourth-order valence-electron chi connectivity index (χ4n) is 2.01. The molecule has 24 heavy (non-hydrogen) atoms. The van der Waals surface area contributed by atoms with E-state index in [0.717, 1.165) is 16.7 Å². The molecule has 6 heteroatoms. The third-order valence-electron chi connectivity index (χ3n) is 3.28. The monoisotopic (exact) mass is 336 g/mol. The van der Waals surface area contributed by atoms with Crippen LogP contribution >= 0.6 is 11.6 Å². The van der Waals surface area contributed by atoms with Crippen molar-refractivity contribution in [2.24, 2.45) is 5.10 Å². The highest BCUT2D eigenvalue weighted by molar-refractivity contribution is 6.30. The zero-order valence-electron chi connectivity index (χ0n) is 12.8. The number of halogens is 1. The Kier molecular flexibility index (Phi) is 4.59. The van der Waals surface area contributed by atoms with Crippen molar-refractivity contribution in [1.82, 2.24) is 4.98 Å². The summed E-state index contributed by atoms with van der Waals surface area (Å²) in [6.45, 7) is 2.00. The lowest BCUT2D eigenvalue weighted by molar-refractivity contribution is 0.587. The van der Waals surface area contributed by atoms with Gasteiger partial charge in [-0.2, -0.15) is 15.3 Å². The zero-order chi connectivity index (χ0) is 16.9. The van der Waals surface area contributed by atoms with Crippen molar-refractivity contribution in [1.29, 1.82) is 5.26 Å². The van der Waals surface area contributed by atoms with Crippen LogP contribution in [0.3, 0.4) is 0 Å². The highest BCUT2D eigenvalue weighted by Gasteiger charge is 2.13. The maximum atomic E-state index is 9.19. The molecule has 3 rings (SSSR count). The van der Waals surface area contributed by atoms with E-state index in [1.807, 2.05) is 49.4 Å². The van der Waals surface area contributed by atoms with Crippen LogP contribution in [0.4, 0.5) is 5.88 Å². The Morgan fingerprint density at radius 2 is 1.88 bits per heavy atom. The molecule has 0 bridgehead atoms. The molecule has 1 aromatic heterocycles. The van der Waals surface area contributed by atoms with Crippen LogP contribution in [0.15, 0.2) is 58.0 Å². The average Bonchev–Trinajstić information content (AvgIpc) is 3.00. The van der Waals surface area contributed by atoms with Crippen molar-refractivity contribution in [2.75, 3.05) is 5.43 Å². The van der Waals surface area contributed by atoms with Crippen molar-refractivity contribution in [3.8, 4) is 17.5 Å². The summed E-state index contributed by atoms with van der Waals surface area (Å²) >= 11 is 5.83. The van der Waals surface area contributed by atoms with Gasteiger partial charge in [0.1, 0.15) is 6.07 Å². The molecule has 0 aliphatic rings. The minimum Gasteiger partial charge on any atom is -0.417 e. The molecule has 1 N–H and O–H groups in total. The summed E-state index contributed by atoms with van der Waals surface area (Å²) in [6, 6.07) is 16.9. The maximum absolute atomic E-state index is 9.19. The zero-order valence-corrected chi connectivity index (χ0v) is 13.6. The van der Waals surface area contributed by atoms with Crippen molar-refractivity contribution >= 4 is 23.7 Å². The fourth-order valence-corrected chi connectivity index (χ4v) is 2.13. The van der Waals surface area contributed by atoms with Crippen molar-refractivity contribution in [2.45, 2.75) is 6.92 Å². The molecule has 5 nitrogen and oxygen atoms in total. The van der Waals surface area contributed by atoms with E-state index >= 15 is 0 Å². The minimum absolute atomic E-state index is 0.152. The van der Waals surface area contributed by atoms with E-state index in [9.17, 15) is 5.26 Å². The van der Waals surface area contributed by atoms with Gasteiger partial charge in [0.05, 0.1) is 6.21 Å². The van der Waals surface area contributed by atoms with Crippen molar-refractivity contribution in [3.05, 3.63) is 70.4 Å². The molecule has 0 radical (unpaired) electrons. The van der Waals surface area contributed by atoms with E-state index in [0.29, 0.717) is 10.9 Å². The van der Waals surface area contributed by atoms with Gasteiger partial charge in [-0.3, -0.25) is 0 Å². The quantitative estimate of drug-likeness (QED) is 0.557. The Morgan fingerprint density at radius 1 is 1.17 bits per heavy atom. The number of hydrazone groups is 1. The van der Waals surface area contributed by atoms with Gasteiger partial charge in [-0.25, -0.2) is 5.43 Å². The summed E-state index contributed by atoms with van der Waals surface area (Å²) in [5.41, 5.74) is 5.66. The van der Waals surface area contributed by atoms with Gasteiger partial charge in [-0.05, 0) is 36.8 Å². The maximum Gasteiger partial charge on any atom is 0.252 e. The number of oxazole rings is 1. The van der Waals surface area contributed by atoms with Gasteiger partial charge in [0.2, 0.25) is 11.6 Å². The molecule has 118 valence electrons. The number of nitrogens with zero attached hydrogens (tertiary/aromatic N) is 3. The van der Waals surface area contributed by atoms with E-state index in [4.69, 9.17) is 16.0 Å². The predicted octanol–water partition coefficient (Wildman–Crippen LogP) is 4.62. The summed E-state index contributed by atoms with van der Waals surface area (Å²) in [5.74, 6) is 0.578. The Labute approximate surface area is 144 Å². The number of nitriles is 1. The van der Waals surface area contributed by atoms with E-state index in [1.54, 1.807) is 18.3 Å². The first-order valence-electron chi connectivity index (χ1n) is 7.18. The lowest BCUT2D eigenvalue weighted by Crippen LogP contribution is -1.91. The first kappa shape index (κ1) is 15.8. The largest absolute Gasteiger partial charge is 0.417 e. The van der Waals surface area contributed by atoms with Crippen LogP contribution in [0.5, 0.6) is 0 Å². The number of nitrogens with one attached hydrogen (secondary N) is 1. The Morgan fingerprint density at radius 3 is 2.54 bits per heavy atom. The smallest absolute Gasteiger partial charge is 0.252 e. The third kappa shape index (κ3) is 3.62. The molecule has 1 heterocycles. The number of benzene rings is 2. The molecule has 0 atom stereocenters. The first-order chi connectivity index (χ1) is 11.7. The first-order valence-corrected chi connectivity index (χ1v) is 7.56. The van der Waals surface area contributed by atoms with Crippen LogP contribution in [0.2, 0.25) is 5.02 Å². The molecule has 0 spiro atoms. The molecule has 0 saturated carbocycles. The number of anilines is 1. The molecular formula is C18H13ClN4O. The standard InChI is InChI=1S/C18H13ClN4O/c1-12-2-6-14(7-3-12)17-22-16(10-20)18(24-17)23-21-11-13-4-8-15(19)9-5-13/h2-9,11,23H,1H3/b21-11-. The van der Waals surface area contributed by atoms with Crippen LogP contribution in [0.25, 0.3) is 11.5 Å². The molecule has 0 aliphatic heterocycles. The van der Waals surface area contributed by atoms with Crippen molar-refractivity contribution < 1.29 is 4.42 Å². The number of hydrogen-bond donors (Lipinski definition) is 1. The van der Waals surface area contributed by atoms with Crippen LogP contribution in [0, 0.1) is 18.3 Å². The second-order valence-electron chi connectivity index (χ2n) is 5.10. The molecule has 3 aromatic rings. The SMILES string of the molecule is Cc1ccc(-c2nc(C#N)c(N/N=C\c3ccc(Cl)cc3)o2)cc1. The average molecular weight is 337 g/mol. The van der Waals surface area contributed by atoms with Crippen LogP contribution in [0.1, 0.15) is 16.8 Å². The lowest BCUT2D eigenvalue weighted by Gasteiger charge is -1.97. The predicted molar refractivity (Wildman–Crippen MR) is 94.1 cm³/mol. The van der Waals surface area contributed by atoms with Gasteiger partial charge >= 0.3 is 0 Å². The van der Waals surface area contributed by atoms with Gasteiger partial charge in [-0.1, -0.05) is 41.4 Å². The number of aromatic nitrogens is 1. The van der Waals surface area contributed by atoms with E-state index < -0.39 is 0 Å². The normalized spacial score (nSPS) is 10.7. The number of rotatable bonds is 4. The highest BCUT2D eigenvalue weighted by atomic mass is 35.5. The number of aryl methyl sites for hydroxylation is 1.